The Morgan fingerprint density at radius 2 is 0.753 bits per heavy atom. The van der Waals surface area contributed by atoms with Crippen molar-refractivity contribution in [2.75, 3.05) is 4.90 Å². The van der Waals surface area contributed by atoms with Crippen LogP contribution in [0.5, 0.6) is 0 Å². The Kier molecular flexibility index (Phi) is 8.41. The van der Waals surface area contributed by atoms with Gasteiger partial charge >= 0.3 is 0 Å². The van der Waals surface area contributed by atoms with Gasteiger partial charge in [-0.3, -0.25) is 0 Å². The highest BCUT2D eigenvalue weighted by Gasteiger charge is 2.52. The fourth-order valence-electron chi connectivity index (χ4n) is 13.4. The lowest BCUT2D eigenvalue weighted by Crippen LogP contribution is -2.26. The van der Waals surface area contributed by atoms with Crippen LogP contribution in [0.1, 0.15) is 22.3 Å². The second kappa shape index (κ2) is 15.3. The number of rotatable bonds is 5. The molecule has 0 aliphatic heterocycles. The number of para-hydroxylation sites is 2. The summed E-state index contributed by atoms with van der Waals surface area (Å²) in [7, 11) is 0. The molecule has 0 atom stereocenters. The molecule has 2 aliphatic carbocycles. The largest absolute Gasteiger partial charge is 0.309 e. The first-order chi connectivity index (χ1) is 36.3. The van der Waals surface area contributed by atoms with Crippen LogP contribution < -0.4 is 4.90 Å². The standard InChI is InChI=1S/C71H44N2/c1-3-20-45(21-4-1)60-43-62-55-30-13-17-35-65(55)71(63-33-15-11-28-53(63)54-29-12-16-34-64(54)71)66(62)44-69(60)72(47-38-39-52-50-26-8-7-24-48(50)49-25-9-10-27-51(49)61(52)42-47)67-37-19-32-58-57(67)40-41-59-56-31-14-18-36-68(56)73(70(58)59)46-22-5-2-6-23-46/h1-44H. The third kappa shape index (κ3) is 5.47. The van der Waals surface area contributed by atoms with Crippen molar-refractivity contribution in [3.63, 3.8) is 0 Å². The van der Waals surface area contributed by atoms with Gasteiger partial charge in [0.2, 0.25) is 0 Å². The Balaban J connectivity index is 1.07. The van der Waals surface area contributed by atoms with Crippen molar-refractivity contribution in [3.05, 3.63) is 289 Å². The van der Waals surface area contributed by atoms with E-state index in [0.29, 0.717) is 0 Å². The lowest BCUT2D eigenvalue weighted by Gasteiger charge is -2.34. The van der Waals surface area contributed by atoms with E-state index < -0.39 is 5.41 Å². The molecule has 16 rings (SSSR count). The van der Waals surface area contributed by atoms with Crippen molar-refractivity contribution in [1.82, 2.24) is 4.57 Å². The third-order valence-electron chi connectivity index (χ3n) is 16.3. The van der Waals surface area contributed by atoms with E-state index in [9.17, 15) is 0 Å². The minimum Gasteiger partial charge on any atom is -0.309 e. The molecule has 1 aromatic heterocycles. The molecule has 0 fully saturated rings. The molecule has 0 bridgehead atoms. The van der Waals surface area contributed by atoms with E-state index in [1.165, 1.54) is 121 Å². The van der Waals surface area contributed by atoms with Crippen molar-refractivity contribution in [2.45, 2.75) is 5.41 Å². The van der Waals surface area contributed by atoms with Gasteiger partial charge in [-0.15, -0.1) is 0 Å². The molecule has 0 unspecified atom stereocenters. The lowest BCUT2D eigenvalue weighted by molar-refractivity contribution is 0.794. The lowest BCUT2D eigenvalue weighted by atomic mass is 9.70. The van der Waals surface area contributed by atoms with Crippen molar-refractivity contribution in [3.8, 4) is 39.1 Å². The number of nitrogens with zero attached hydrogens (tertiary/aromatic N) is 2. The van der Waals surface area contributed by atoms with Gasteiger partial charge in [0.15, 0.2) is 0 Å². The smallest absolute Gasteiger partial charge is 0.0726 e. The van der Waals surface area contributed by atoms with Crippen molar-refractivity contribution in [1.29, 1.82) is 0 Å². The fraction of sp³-hybridized carbons (Fsp3) is 0.0141. The number of hydrogen-bond acceptors (Lipinski definition) is 1. The van der Waals surface area contributed by atoms with Crippen LogP contribution in [0.3, 0.4) is 0 Å². The summed E-state index contributed by atoms with van der Waals surface area (Å²) in [6.07, 6.45) is 0. The number of hydrogen-bond donors (Lipinski definition) is 0. The molecule has 338 valence electrons. The summed E-state index contributed by atoms with van der Waals surface area (Å²) < 4.78 is 2.47. The van der Waals surface area contributed by atoms with Crippen LogP contribution in [-0.4, -0.2) is 4.57 Å². The van der Waals surface area contributed by atoms with Crippen LogP contribution in [0.4, 0.5) is 17.1 Å². The normalized spacial score (nSPS) is 13.0. The average molecular weight is 925 g/mol. The number of aromatic nitrogens is 1. The minimum absolute atomic E-state index is 0.533. The second-order valence-electron chi connectivity index (χ2n) is 19.8. The highest BCUT2D eigenvalue weighted by molar-refractivity contribution is 6.26. The zero-order chi connectivity index (χ0) is 47.8. The molecule has 13 aromatic carbocycles. The van der Waals surface area contributed by atoms with E-state index >= 15 is 0 Å². The third-order valence-corrected chi connectivity index (χ3v) is 16.3. The zero-order valence-electron chi connectivity index (χ0n) is 39.8. The molecule has 1 spiro atoms. The predicted molar refractivity (Wildman–Crippen MR) is 307 cm³/mol. The van der Waals surface area contributed by atoms with Gasteiger partial charge in [-0.05, 0) is 131 Å². The minimum atomic E-state index is -0.533. The van der Waals surface area contributed by atoms with E-state index in [1.54, 1.807) is 0 Å². The van der Waals surface area contributed by atoms with Crippen LogP contribution in [0, 0.1) is 0 Å². The van der Waals surface area contributed by atoms with E-state index in [4.69, 9.17) is 0 Å². The van der Waals surface area contributed by atoms with Gasteiger partial charge in [0, 0.05) is 38.5 Å². The summed E-state index contributed by atoms with van der Waals surface area (Å²) in [5, 5.41) is 12.4. The molecule has 2 nitrogen and oxygen atoms in total. The first kappa shape index (κ1) is 40.3. The van der Waals surface area contributed by atoms with Gasteiger partial charge in [0.05, 0.1) is 27.8 Å². The second-order valence-corrected chi connectivity index (χ2v) is 19.8. The molecular weight excluding hydrogens is 881 g/mol. The molecule has 0 N–H and O–H groups in total. The Morgan fingerprint density at radius 3 is 1.41 bits per heavy atom. The summed E-state index contributed by atoms with van der Waals surface area (Å²) in [5.74, 6) is 0. The first-order valence-electron chi connectivity index (χ1n) is 25.4. The summed E-state index contributed by atoms with van der Waals surface area (Å²) in [5.41, 5.74) is 19.1. The quantitative estimate of drug-likeness (QED) is 0.156. The summed E-state index contributed by atoms with van der Waals surface area (Å²) in [6.45, 7) is 0. The molecule has 14 aromatic rings. The average Bonchev–Trinajstić information content (AvgIpc) is 4.13. The van der Waals surface area contributed by atoms with Crippen LogP contribution >= 0.6 is 0 Å². The fourth-order valence-corrected chi connectivity index (χ4v) is 13.4. The van der Waals surface area contributed by atoms with Crippen molar-refractivity contribution < 1.29 is 0 Å². The number of anilines is 3. The highest BCUT2D eigenvalue weighted by Crippen LogP contribution is 2.64. The molecule has 0 radical (unpaired) electrons. The maximum absolute atomic E-state index is 2.60. The molecule has 1 heterocycles. The summed E-state index contributed by atoms with van der Waals surface area (Å²) in [6, 6.07) is 100. The van der Waals surface area contributed by atoms with Crippen molar-refractivity contribution in [2.24, 2.45) is 0 Å². The topological polar surface area (TPSA) is 8.17 Å². The van der Waals surface area contributed by atoms with Crippen LogP contribution in [0.15, 0.2) is 267 Å². The van der Waals surface area contributed by atoms with Crippen LogP contribution in [0.2, 0.25) is 0 Å². The van der Waals surface area contributed by atoms with Crippen LogP contribution in [0.25, 0.3) is 104 Å². The Morgan fingerprint density at radius 1 is 0.274 bits per heavy atom. The molecule has 0 saturated heterocycles. The Hall–Kier alpha value is -9.50. The molecule has 2 aliphatic rings. The maximum atomic E-state index is 2.60. The first-order valence-corrected chi connectivity index (χ1v) is 25.4. The number of benzene rings is 13. The molecule has 0 amide bonds. The SMILES string of the molecule is c1ccc(-c2cc3c(cc2N(c2ccc4c5ccccc5c5ccccc5c4c2)c2cccc4c2ccc2c5ccccc5n(-c5ccccc5)c42)C2(c4ccccc4-c4ccccc42)c2ccccc2-3)cc1. The Labute approximate surface area is 422 Å². The highest BCUT2D eigenvalue weighted by atomic mass is 15.1. The van der Waals surface area contributed by atoms with Gasteiger partial charge in [0.25, 0.3) is 0 Å². The van der Waals surface area contributed by atoms with Gasteiger partial charge in [-0.2, -0.15) is 0 Å². The summed E-state index contributed by atoms with van der Waals surface area (Å²) in [4.78, 5) is 2.60. The van der Waals surface area contributed by atoms with E-state index in [2.05, 4.69) is 276 Å². The molecular formula is C71H44N2. The van der Waals surface area contributed by atoms with E-state index in [0.717, 1.165) is 22.7 Å². The zero-order valence-corrected chi connectivity index (χ0v) is 39.8. The Bertz CT molecular complexity index is 4540. The van der Waals surface area contributed by atoms with Gasteiger partial charge < -0.3 is 9.47 Å². The number of fused-ring (bicyclic) bond motifs is 21. The van der Waals surface area contributed by atoms with E-state index in [-0.39, 0.29) is 0 Å². The summed E-state index contributed by atoms with van der Waals surface area (Å²) >= 11 is 0. The molecule has 0 saturated carbocycles. The molecule has 2 heteroatoms. The van der Waals surface area contributed by atoms with Crippen molar-refractivity contribution >= 4 is 82.0 Å². The monoisotopic (exact) mass is 924 g/mol. The van der Waals surface area contributed by atoms with Gasteiger partial charge in [0.1, 0.15) is 0 Å². The van der Waals surface area contributed by atoms with Crippen LogP contribution in [-0.2, 0) is 5.41 Å². The molecule has 73 heavy (non-hydrogen) atoms. The predicted octanol–water partition coefficient (Wildman–Crippen LogP) is 18.9. The van der Waals surface area contributed by atoms with E-state index in [1.807, 2.05) is 0 Å². The van der Waals surface area contributed by atoms with Gasteiger partial charge in [-0.25, -0.2) is 0 Å². The maximum Gasteiger partial charge on any atom is 0.0726 e. The van der Waals surface area contributed by atoms with Gasteiger partial charge in [-0.1, -0.05) is 218 Å².